The maximum Gasteiger partial charge on any atom is 0.337 e. The topological polar surface area (TPSA) is 49.3 Å². The number of carboxylic acids is 1. The summed E-state index contributed by atoms with van der Waals surface area (Å²) in [6.07, 6.45) is 6.03. The second kappa shape index (κ2) is 6.42. The van der Waals surface area contributed by atoms with Gasteiger partial charge in [0, 0.05) is 16.2 Å². The molecule has 1 aliphatic rings. The molecule has 19 heavy (non-hydrogen) atoms. The molecule has 2 atom stereocenters. The largest absolute Gasteiger partial charge is 0.478 e. The Morgan fingerprint density at radius 2 is 2.26 bits per heavy atom. The van der Waals surface area contributed by atoms with Crippen molar-refractivity contribution in [2.45, 2.75) is 45.1 Å². The van der Waals surface area contributed by atoms with Crippen molar-refractivity contribution in [1.29, 1.82) is 0 Å². The molecule has 0 bridgehead atoms. The van der Waals surface area contributed by atoms with Gasteiger partial charge in [0.1, 0.15) is 0 Å². The zero-order valence-corrected chi connectivity index (χ0v) is 12.7. The number of anilines is 1. The van der Waals surface area contributed by atoms with Crippen molar-refractivity contribution in [3.05, 3.63) is 28.2 Å². The molecule has 2 N–H and O–H groups in total. The summed E-state index contributed by atoms with van der Waals surface area (Å²) in [6.45, 7) is 2.23. The van der Waals surface area contributed by atoms with Crippen LogP contribution in [0.4, 0.5) is 5.69 Å². The first-order valence-electron chi connectivity index (χ1n) is 6.89. The number of carboxylic acid groups (broad SMARTS) is 1. The summed E-state index contributed by atoms with van der Waals surface area (Å²) >= 11 is 3.32. The molecule has 0 spiro atoms. The molecule has 104 valence electrons. The van der Waals surface area contributed by atoms with Crippen LogP contribution in [0.3, 0.4) is 0 Å². The van der Waals surface area contributed by atoms with Crippen molar-refractivity contribution in [1.82, 2.24) is 0 Å². The number of hydrogen-bond acceptors (Lipinski definition) is 2. The molecule has 0 aliphatic heterocycles. The summed E-state index contributed by atoms with van der Waals surface area (Å²) in [5.74, 6) is -0.110. The van der Waals surface area contributed by atoms with Crippen molar-refractivity contribution in [3.63, 3.8) is 0 Å². The van der Waals surface area contributed by atoms with E-state index in [2.05, 4.69) is 28.2 Å². The predicted molar refractivity (Wildman–Crippen MR) is 80.8 cm³/mol. The molecular weight excluding hydrogens is 306 g/mol. The third-order valence-corrected chi connectivity index (χ3v) is 4.43. The lowest BCUT2D eigenvalue weighted by Crippen LogP contribution is -2.27. The third kappa shape index (κ3) is 3.72. The molecule has 0 amide bonds. The van der Waals surface area contributed by atoms with Gasteiger partial charge in [0.15, 0.2) is 0 Å². The Balaban J connectivity index is 2.12. The van der Waals surface area contributed by atoms with Crippen LogP contribution < -0.4 is 5.32 Å². The van der Waals surface area contributed by atoms with E-state index in [0.717, 1.165) is 28.9 Å². The van der Waals surface area contributed by atoms with Crippen molar-refractivity contribution < 1.29 is 9.90 Å². The van der Waals surface area contributed by atoms with Crippen molar-refractivity contribution in [2.75, 3.05) is 5.32 Å². The van der Waals surface area contributed by atoms with Crippen LogP contribution in [0.5, 0.6) is 0 Å². The van der Waals surface area contributed by atoms with Gasteiger partial charge in [-0.05, 0) is 37.0 Å². The quantitative estimate of drug-likeness (QED) is 0.855. The Morgan fingerprint density at radius 3 is 2.95 bits per heavy atom. The molecule has 3 nitrogen and oxygen atoms in total. The van der Waals surface area contributed by atoms with E-state index in [1.165, 1.54) is 19.3 Å². The molecule has 0 aromatic heterocycles. The highest BCUT2D eigenvalue weighted by atomic mass is 79.9. The molecule has 1 fully saturated rings. The Kier molecular flexibility index (Phi) is 4.86. The minimum atomic E-state index is -0.883. The lowest BCUT2D eigenvalue weighted by atomic mass is 9.84. The van der Waals surface area contributed by atoms with E-state index in [1.54, 1.807) is 6.07 Å². The van der Waals surface area contributed by atoms with E-state index in [9.17, 15) is 9.90 Å². The molecular formula is C15H20BrNO2. The van der Waals surface area contributed by atoms with Crippen LogP contribution in [0.2, 0.25) is 0 Å². The van der Waals surface area contributed by atoms with Crippen LogP contribution >= 0.6 is 15.9 Å². The average molecular weight is 326 g/mol. The van der Waals surface area contributed by atoms with Crippen LogP contribution in [-0.4, -0.2) is 17.1 Å². The summed E-state index contributed by atoms with van der Waals surface area (Å²) < 4.78 is 0.797. The minimum absolute atomic E-state index is 0.341. The predicted octanol–water partition coefficient (Wildman–Crippen LogP) is 4.53. The van der Waals surface area contributed by atoms with Gasteiger partial charge >= 0.3 is 5.97 Å². The van der Waals surface area contributed by atoms with E-state index < -0.39 is 5.97 Å². The zero-order chi connectivity index (χ0) is 13.8. The van der Waals surface area contributed by atoms with Crippen molar-refractivity contribution >= 4 is 27.6 Å². The first-order chi connectivity index (χ1) is 9.10. The Labute approximate surface area is 122 Å². The van der Waals surface area contributed by atoms with E-state index in [0.29, 0.717) is 11.6 Å². The van der Waals surface area contributed by atoms with Crippen LogP contribution in [0.25, 0.3) is 0 Å². The van der Waals surface area contributed by atoms with Crippen LogP contribution in [0.1, 0.15) is 49.4 Å². The van der Waals surface area contributed by atoms with Crippen LogP contribution in [0, 0.1) is 5.92 Å². The third-order valence-electron chi connectivity index (χ3n) is 3.93. The lowest BCUT2D eigenvalue weighted by molar-refractivity contribution is 0.0698. The van der Waals surface area contributed by atoms with E-state index in [4.69, 9.17) is 0 Å². The number of aromatic carboxylic acids is 1. The van der Waals surface area contributed by atoms with Gasteiger partial charge in [-0.25, -0.2) is 4.79 Å². The number of carbonyl (C=O) groups is 1. The molecule has 0 saturated heterocycles. The van der Waals surface area contributed by atoms with Gasteiger partial charge in [0.2, 0.25) is 0 Å². The standard InChI is InChI=1S/C15H20BrNO2/c1-2-10-4-3-5-12(8-10)17-14-7-6-11(16)9-13(14)15(18)19/h6-7,9-10,12,17H,2-5,8H2,1H3,(H,18,19). The number of rotatable bonds is 4. The van der Waals surface area contributed by atoms with Gasteiger partial charge in [-0.2, -0.15) is 0 Å². The first kappa shape index (κ1) is 14.4. The van der Waals surface area contributed by atoms with Gasteiger partial charge in [0.05, 0.1) is 5.56 Å². The number of nitrogens with one attached hydrogen (secondary N) is 1. The highest BCUT2D eigenvalue weighted by Crippen LogP contribution is 2.30. The highest BCUT2D eigenvalue weighted by Gasteiger charge is 2.22. The molecule has 4 heteroatoms. The van der Waals surface area contributed by atoms with E-state index in [-0.39, 0.29) is 0 Å². The van der Waals surface area contributed by atoms with Crippen molar-refractivity contribution in [3.8, 4) is 0 Å². The minimum Gasteiger partial charge on any atom is -0.478 e. The molecule has 0 radical (unpaired) electrons. The maximum atomic E-state index is 11.3. The molecule has 1 saturated carbocycles. The van der Waals surface area contributed by atoms with Gasteiger partial charge in [-0.3, -0.25) is 0 Å². The molecule has 0 heterocycles. The van der Waals surface area contributed by atoms with Crippen LogP contribution in [0.15, 0.2) is 22.7 Å². The average Bonchev–Trinajstić information content (AvgIpc) is 2.41. The summed E-state index contributed by atoms with van der Waals surface area (Å²) in [7, 11) is 0. The number of benzene rings is 1. The molecule has 2 unspecified atom stereocenters. The summed E-state index contributed by atoms with van der Waals surface area (Å²) in [5, 5.41) is 12.7. The maximum absolute atomic E-state index is 11.3. The second-order valence-electron chi connectivity index (χ2n) is 5.28. The number of hydrogen-bond donors (Lipinski definition) is 2. The second-order valence-corrected chi connectivity index (χ2v) is 6.19. The smallest absolute Gasteiger partial charge is 0.337 e. The number of halogens is 1. The molecule has 1 aromatic rings. The highest BCUT2D eigenvalue weighted by molar-refractivity contribution is 9.10. The Bertz CT molecular complexity index is 461. The fourth-order valence-corrected chi connectivity index (χ4v) is 3.19. The Hall–Kier alpha value is -1.03. The first-order valence-corrected chi connectivity index (χ1v) is 7.68. The molecule has 1 aromatic carbocycles. The van der Waals surface area contributed by atoms with E-state index >= 15 is 0 Å². The van der Waals surface area contributed by atoms with Gasteiger partial charge < -0.3 is 10.4 Å². The summed E-state index contributed by atoms with van der Waals surface area (Å²) in [5.41, 5.74) is 1.07. The van der Waals surface area contributed by atoms with Gasteiger partial charge in [-0.1, -0.05) is 42.1 Å². The molecule has 1 aliphatic carbocycles. The van der Waals surface area contributed by atoms with Gasteiger partial charge in [0.25, 0.3) is 0 Å². The van der Waals surface area contributed by atoms with Crippen LogP contribution in [-0.2, 0) is 0 Å². The SMILES string of the molecule is CCC1CCCC(Nc2ccc(Br)cc2C(=O)O)C1. The fraction of sp³-hybridized carbons (Fsp3) is 0.533. The monoisotopic (exact) mass is 325 g/mol. The molecule has 2 rings (SSSR count). The van der Waals surface area contributed by atoms with E-state index in [1.807, 2.05) is 12.1 Å². The summed E-state index contributed by atoms with van der Waals surface area (Å²) in [6, 6.07) is 5.79. The fourth-order valence-electron chi connectivity index (χ4n) is 2.83. The lowest BCUT2D eigenvalue weighted by Gasteiger charge is -2.30. The zero-order valence-electron chi connectivity index (χ0n) is 11.2. The van der Waals surface area contributed by atoms with Gasteiger partial charge in [-0.15, -0.1) is 0 Å². The Morgan fingerprint density at radius 1 is 1.47 bits per heavy atom. The normalized spacial score (nSPS) is 23.1. The summed E-state index contributed by atoms with van der Waals surface area (Å²) in [4.78, 5) is 11.3. The van der Waals surface area contributed by atoms with Crippen molar-refractivity contribution in [2.24, 2.45) is 5.92 Å².